The third-order valence-corrected chi connectivity index (χ3v) is 6.08. The van der Waals surface area contributed by atoms with Crippen molar-refractivity contribution >= 4 is 28.4 Å². The maximum atomic E-state index is 12.7. The minimum Gasteiger partial charge on any atom is -0.490 e. The molecule has 30 heavy (non-hydrogen) atoms. The van der Waals surface area contributed by atoms with Crippen molar-refractivity contribution in [3.05, 3.63) is 54.2 Å². The molecule has 8 heteroatoms. The Morgan fingerprint density at radius 2 is 1.97 bits per heavy atom. The van der Waals surface area contributed by atoms with Crippen LogP contribution in [0.15, 0.2) is 53.8 Å². The number of fused-ring (bicyclic) bond motifs is 2. The number of rotatable bonds is 5. The molecular formula is C22H20N4O3S. The van der Waals surface area contributed by atoms with E-state index in [9.17, 15) is 4.79 Å². The second kappa shape index (κ2) is 7.87. The van der Waals surface area contributed by atoms with Crippen molar-refractivity contribution in [2.45, 2.75) is 11.6 Å². The molecule has 152 valence electrons. The summed E-state index contributed by atoms with van der Waals surface area (Å²) < 4.78 is 13.4. The zero-order chi connectivity index (χ0) is 20.5. The van der Waals surface area contributed by atoms with Crippen molar-refractivity contribution in [1.82, 2.24) is 19.7 Å². The molecule has 7 nitrogen and oxygen atoms in total. The summed E-state index contributed by atoms with van der Waals surface area (Å²) in [6.07, 6.45) is 2.63. The van der Waals surface area contributed by atoms with E-state index in [0.717, 1.165) is 34.4 Å². The number of nitrogens with one attached hydrogen (secondary N) is 1. The first-order valence-electron chi connectivity index (χ1n) is 9.72. The van der Waals surface area contributed by atoms with Crippen LogP contribution in [-0.4, -0.2) is 44.5 Å². The predicted molar refractivity (Wildman–Crippen MR) is 115 cm³/mol. The fourth-order valence-electron chi connectivity index (χ4n) is 3.50. The molecule has 3 heterocycles. The Labute approximate surface area is 177 Å². The number of thioether (sulfide) groups is 1. The van der Waals surface area contributed by atoms with E-state index in [1.54, 1.807) is 6.20 Å². The molecule has 0 atom stereocenters. The Morgan fingerprint density at radius 3 is 2.87 bits per heavy atom. The van der Waals surface area contributed by atoms with Gasteiger partial charge in [0.15, 0.2) is 28.3 Å². The molecule has 5 rings (SSSR count). The van der Waals surface area contributed by atoms with Crippen molar-refractivity contribution in [3.8, 4) is 22.9 Å². The van der Waals surface area contributed by atoms with Gasteiger partial charge in [-0.05, 0) is 24.3 Å². The van der Waals surface area contributed by atoms with Gasteiger partial charge < -0.3 is 19.0 Å². The summed E-state index contributed by atoms with van der Waals surface area (Å²) in [5.74, 6) is 2.52. The van der Waals surface area contributed by atoms with Crippen LogP contribution in [0.1, 0.15) is 16.8 Å². The maximum absolute atomic E-state index is 12.7. The molecule has 1 N–H and O–H groups in total. The molecule has 0 amide bonds. The smallest absolute Gasteiger partial charge is 0.191 e. The van der Waals surface area contributed by atoms with Crippen LogP contribution in [0.4, 0.5) is 0 Å². The van der Waals surface area contributed by atoms with Crippen LogP contribution in [0, 0.1) is 0 Å². The van der Waals surface area contributed by atoms with Gasteiger partial charge in [-0.1, -0.05) is 30.0 Å². The van der Waals surface area contributed by atoms with E-state index in [2.05, 4.69) is 15.2 Å². The fourth-order valence-corrected chi connectivity index (χ4v) is 4.30. The molecular weight excluding hydrogens is 400 g/mol. The molecule has 0 bridgehead atoms. The van der Waals surface area contributed by atoms with E-state index in [1.807, 2.05) is 54.1 Å². The predicted octanol–water partition coefficient (Wildman–Crippen LogP) is 4.10. The molecule has 0 spiro atoms. The number of aromatic amines is 1. The van der Waals surface area contributed by atoms with Gasteiger partial charge in [0.2, 0.25) is 0 Å². The van der Waals surface area contributed by atoms with Crippen LogP contribution in [0.5, 0.6) is 11.5 Å². The van der Waals surface area contributed by atoms with Crippen molar-refractivity contribution in [1.29, 1.82) is 0 Å². The first-order valence-corrected chi connectivity index (χ1v) is 10.7. The molecule has 0 radical (unpaired) electrons. The molecule has 0 saturated heterocycles. The third kappa shape index (κ3) is 3.43. The van der Waals surface area contributed by atoms with Gasteiger partial charge in [0.05, 0.1) is 19.0 Å². The van der Waals surface area contributed by atoms with E-state index in [0.29, 0.717) is 29.8 Å². The number of ether oxygens (including phenoxy) is 2. The minimum atomic E-state index is 0.0533. The lowest BCUT2D eigenvalue weighted by Crippen LogP contribution is -2.03. The minimum absolute atomic E-state index is 0.0533. The number of carbonyl (C=O) groups is 1. The zero-order valence-corrected chi connectivity index (χ0v) is 17.2. The van der Waals surface area contributed by atoms with E-state index >= 15 is 0 Å². The maximum Gasteiger partial charge on any atom is 0.191 e. The van der Waals surface area contributed by atoms with Crippen molar-refractivity contribution in [3.63, 3.8) is 0 Å². The van der Waals surface area contributed by atoms with E-state index < -0.39 is 0 Å². The highest BCUT2D eigenvalue weighted by Gasteiger charge is 2.18. The standard InChI is InChI=1S/C22H20N4O3S/c1-26-21(14-7-8-19-20(11-14)29-10-4-9-28-19)24-25-22(26)30-13-18(27)16-12-23-17-6-3-2-5-15(16)17/h2-3,5-8,11-12,23H,4,9-10,13H2,1H3. The number of benzene rings is 2. The van der Waals surface area contributed by atoms with Crippen LogP contribution < -0.4 is 9.47 Å². The molecule has 2 aromatic heterocycles. The molecule has 0 fully saturated rings. The number of H-pyrrole nitrogens is 1. The van der Waals surface area contributed by atoms with Gasteiger partial charge in [0.25, 0.3) is 0 Å². The first-order chi connectivity index (χ1) is 14.7. The van der Waals surface area contributed by atoms with Crippen LogP contribution in [0.3, 0.4) is 0 Å². The van der Waals surface area contributed by atoms with E-state index in [4.69, 9.17) is 9.47 Å². The van der Waals surface area contributed by atoms with Crippen LogP contribution in [0.2, 0.25) is 0 Å². The number of nitrogens with zero attached hydrogens (tertiary/aromatic N) is 3. The molecule has 1 aliphatic heterocycles. The van der Waals surface area contributed by atoms with Crippen LogP contribution in [0.25, 0.3) is 22.3 Å². The number of carbonyl (C=O) groups excluding carboxylic acids is 1. The summed E-state index contributed by atoms with van der Waals surface area (Å²) in [5.41, 5.74) is 2.55. The number of para-hydroxylation sites is 1. The Balaban J connectivity index is 1.34. The summed E-state index contributed by atoms with van der Waals surface area (Å²) in [6, 6.07) is 13.6. The van der Waals surface area contributed by atoms with Gasteiger partial charge in [-0.15, -0.1) is 10.2 Å². The second-order valence-electron chi connectivity index (χ2n) is 7.04. The summed E-state index contributed by atoms with van der Waals surface area (Å²) in [6.45, 7) is 1.29. The lowest BCUT2D eigenvalue weighted by molar-refractivity contribution is 0.102. The topological polar surface area (TPSA) is 82.0 Å². The largest absolute Gasteiger partial charge is 0.490 e. The summed E-state index contributed by atoms with van der Waals surface area (Å²) in [7, 11) is 1.90. The van der Waals surface area contributed by atoms with Gasteiger partial charge >= 0.3 is 0 Å². The fraction of sp³-hybridized carbons (Fsp3) is 0.227. The van der Waals surface area contributed by atoms with Gasteiger partial charge in [0, 0.05) is 41.7 Å². The first kappa shape index (κ1) is 18.7. The number of ketones is 1. The Kier molecular flexibility index (Phi) is 4.92. The highest BCUT2D eigenvalue weighted by atomic mass is 32.2. The second-order valence-corrected chi connectivity index (χ2v) is 7.98. The van der Waals surface area contributed by atoms with Gasteiger partial charge in [-0.3, -0.25) is 4.79 Å². The number of Topliss-reactive ketones (excluding diaryl/α,β-unsaturated/α-hetero) is 1. The average Bonchev–Trinajstić information content (AvgIpc) is 3.27. The number of hydrogen-bond donors (Lipinski definition) is 1. The highest BCUT2D eigenvalue weighted by Crippen LogP contribution is 2.34. The average molecular weight is 420 g/mol. The SMILES string of the molecule is Cn1c(SCC(=O)c2c[nH]c3ccccc23)nnc1-c1ccc2c(c1)OCCCO2. The van der Waals surface area contributed by atoms with E-state index in [-0.39, 0.29) is 11.5 Å². The van der Waals surface area contributed by atoms with Crippen molar-refractivity contribution in [2.24, 2.45) is 7.05 Å². The van der Waals surface area contributed by atoms with Crippen LogP contribution >= 0.6 is 11.8 Å². The molecule has 4 aromatic rings. The quantitative estimate of drug-likeness (QED) is 0.387. The normalized spacial score (nSPS) is 13.4. The van der Waals surface area contributed by atoms with Crippen molar-refractivity contribution < 1.29 is 14.3 Å². The number of hydrogen-bond acceptors (Lipinski definition) is 6. The number of aromatic nitrogens is 4. The molecule has 1 aliphatic rings. The summed E-state index contributed by atoms with van der Waals surface area (Å²) in [4.78, 5) is 15.9. The highest BCUT2D eigenvalue weighted by molar-refractivity contribution is 7.99. The van der Waals surface area contributed by atoms with Gasteiger partial charge in [-0.2, -0.15) is 0 Å². The molecule has 0 unspecified atom stereocenters. The molecule has 0 aliphatic carbocycles. The molecule has 2 aromatic carbocycles. The van der Waals surface area contributed by atoms with Gasteiger partial charge in [-0.25, -0.2) is 0 Å². The van der Waals surface area contributed by atoms with Crippen molar-refractivity contribution in [2.75, 3.05) is 19.0 Å². The van der Waals surface area contributed by atoms with Crippen LogP contribution in [-0.2, 0) is 7.05 Å². The molecule has 0 saturated carbocycles. The Morgan fingerprint density at radius 1 is 1.13 bits per heavy atom. The summed E-state index contributed by atoms with van der Waals surface area (Å²) in [5, 5.41) is 10.2. The van der Waals surface area contributed by atoms with Gasteiger partial charge in [0.1, 0.15) is 0 Å². The summed E-state index contributed by atoms with van der Waals surface area (Å²) >= 11 is 1.38. The zero-order valence-electron chi connectivity index (χ0n) is 16.4. The Hall–Kier alpha value is -3.26. The monoisotopic (exact) mass is 420 g/mol. The lowest BCUT2D eigenvalue weighted by atomic mass is 10.1. The lowest BCUT2D eigenvalue weighted by Gasteiger charge is -2.09. The Bertz CT molecular complexity index is 1230. The van der Waals surface area contributed by atoms with E-state index in [1.165, 1.54) is 11.8 Å². The third-order valence-electron chi connectivity index (χ3n) is 5.06.